The Bertz CT molecular complexity index is 741. The van der Waals surface area contributed by atoms with Crippen LogP contribution >= 0.6 is 11.6 Å². The first kappa shape index (κ1) is 15.2. The second-order valence-electron chi connectivity index (χ2n) is 3.91. The summed E-state index contributed by atoms with van der Waals surface area (Å²) in [4.78, 5) is 3.67. The summed E-state index contributed by atoms with van der Waals surface area (Å²) in [6.45, 7) is 0. The average Bonchev–Trinajstić information content (AvgIpc) is 2.46. The van der Waals surface area contributed by atoms with Crippen molar-refractivity contribution in [1.82, 2.24) is 4.98 Å². The molecule has 0 spiro atoms. The van der Waals surface area contributed by atoms with Crippen LogP contribution in [0.3, 0.4) is 0 Å². The molecule has 2 aromatic rings. The molecule has 0 N–H and O–H groups in total. The van der Waals surface area contributed by atoms with Gasteiger partial charge in [-0.2, -0.15) is 5.26 Å². The van der Waals surface area contributed by atoms with Gasteiger partial charge in [0.05, 0.1) is 23.7 Å². The normalized spacial score (nSPS) is 10.5. The van der Waals surface area contributed by atoms with Gasteiger partial charge in [0, 0.05) is 5.56 Å². The molecule has 0 aliphatic heterocycles. The first-order chi connectivity index (χ1) is 9.88. The number of aromatic nitrogens is 1. The number of nitrogens with zero attached hydrogens (tertiary/aromatic N) is 2. The summed E-state index contributed by atoms with van der Waals surface area (Å²) >= 11 is 5.59. The highest BCUT2D eigenvalue weighted by molar-refractivity contribution is 6.29. The van der Waals surface area contributed by atoms with Gasteiger partial charge in [-0.05, 0) is 12.1 Å². The third-order valence-corrected chi connectivity index (χ3v) is 2.88. The van der Waals surface area contributed by atoms with Crippen molar-refractivity contribution in [2.24, 2.45) is 0 Å². The van der Waals surface area contributed by atoms with Crippen molar-refractivity contribution >= 4 is 11.6 Å². The molecule has 0 atom stereocenters. The zero-order valence-electron chi connectivity index (χ0n) is 10.0. The fourth-order valence-corrected chi connectivity index (χ4v) is 1.92. The number of hydrogen-bond donors (Lipinski definition) is 0. The van der Waals surface area contributed by atoms with Gasteiger partial charge in [-0.25, -0.2) is 26.9 Å². The van der Waals surface area contributed by atoms with Crippen molar-refractivity contribution in [2.75, 3.05) is 0 Å². The SMILES string of the molecule is N#CCc1nc(Cl)ccc1-c1c(F)c(F)c(F)c(F)c1F. The summed E-state index contributed by atoms with van der Waals surface area (Å²) < 4.78 is 66.9. The molecule has 21 heavy (non-hydrogen) atoms. The van der Waals surface area contributed by atoms with Crippen molar-refractivity contribution in [3.05, 3.63) is 52.1 Å². The Balaban J connectivity index is 2.83. The number of benzene rings is 1. The highest BCUT2D eigenvalue weighted by atomic mass is 35.5. The van der Waals surface area contributed by atoms with Gasteiger partial charge in [0.2, 0.25) is 5.82 Å². The standard InChI is InChI=1S/C13H4ClF5N2/c14-7-2-1-5(6(21-7)3-4-20)8-9(15)11(17)13(19)12(18)10(8)16/h1-2H,3H2. The van der Waals surface area contributed by atoms with Crippen LogP contribution < -0.4 is 0 Å². The van der Waals surface area contributed by atoms with Crippen LogP contribution in [0.1, 0.15) is 5.69 Å². The van der Waals surface area contributed by atoms with E-state index in [0.29, 0.717) is 0 Å². The average molecular weight is 319 g/mol. The maximum absolute atomic E-state index is 13.7. The van der Waals surface area contributed by atoms with Crippen LogP contribution in [0.5, 0.6) is 0 Å². The smallest absolute Gasteiger partial charge is 0.200 e. The molecular formula is C13H4ClF5N2. The van der Waals surface area contributed by atoms with E-state index < -0.39 is 41.1 Å². The van der Waals surface area contributed by atoms with Crippen LogP contribution in [0, 0.1) is 40.4 Å². The Kier molecular flexibility index (Phi) is 4.09. The third kappa shape index (κ3) is 2.54. The predicted octanol–water partition coefficient (Wildman–Crippen LogP) is 4.16. The Morgan fingerprint density at radius 3 is 2.00 bits per heavy atom. The molecule has 0 fully saturated rings. The van der Waals surface area contributed by atoms with Crippen molar-refractivity contribution in [1.29, 1.82) is 5.26 Å². The van der Waals surface area contributed by atoms with E-state index in [4.69, 9.17) is 16.9 Å². The van der Waals surface area contributed by atoms with Crippen molar-refractivity contribution in [3.8, 4) is 17.2 Å². The van der Waals surface area contributed by atoms with E-state index in [0.717, 1.165) is 12.1 Å². The zero-order valence-corrected chi connectivity index (χ0v) is 10.8. The molecule has 1 aromatic heterocycles. The Hall–Kier alpha value is -2.20. The molecule has 0 aliphatic carbocycles. The molecule has 0 saturated heterocycles. The predicted molar refractivity (Wildman–Crippen MR) is 63.8 cm³/mol. The summed E-state index contributed by atoms with van der Waals surface area (Å²) in [6.07, 6.45) is -0.407. The molecule has 0 aliphatic rings. The van der Waals surface area contributed by atoms with Crippen molar-refractivity contribution in [3.63, 3.8) is 0 Å². The second kappa shape index (κ2) is 5.66. The van der Waals surface area contributed by atoms with Crippen LogP contribution in [0.15, 0.2) is 12.1 Å². The fourth-order valence-electron chi connectivity index (χ4n) is 1.75. The largest absolute Gasteiger partial charge is 0.239 e. The maximum atomic E-state index is 13.7. The van der Waals surface area contributed by atoms with Crippen LogP contribution in [0.2, 0.25) is 5.15 Å². The van der Waals surface area contributed by atoms with Gasteiger partial charge in [-0.1, -0.05) is 11.6 Å². The van der Waals surface area contributed by atoms with Crippen LogP contribution in [-0.2, 0) is 6.42 Å². The molecule has 0 bridgehead atoms. The molecule has 1 heterocycles. The Labute approximate surface area is 120 Å². The zero-order chi connectivity index (χ0) is 15.7. The molecule has 0 amide bonds. The molecule has 0 radical (unpaired) electrons. The highest BCUT2D eigenvalue weighted by Crippen LogP contribution is 2.33. The number of pyridine rings is 1. The minimum absolute atomic E-state index is 0.0760. The van der Waals surface area contributed by atoms with Gasteiger partial charge in [0.1, 0.15) is 5.15 Å². The van der Waals surface area contributed by atoms with E-state index in [9.17, 15) is 22.0 Å². The fraction of sp³-hybridized carbons (Fsp3) is 0.0769. The molecule has 8 heteroatoms. The summed E-state index contributed by atoms with van der Waals surface area (Å²) in [5.41, 5.74) is -1.71. The third-order valence-electron chi connectivity index (χ3n) is 2.67. The Morgan fingerprint density at radius 1 is 0.952 bits per heavy atom. The first-order valence-corrected chi connectivity index (χ1v) is 5.80. The molecule has 2 nitrogen and oxygen atoms in total. The number of halogens is 6. The minimum Gasteiger partial charge on any atom is -0.239 e. The number of hydrogen-bond acceptors (Lipinski definition) is 2. The van der Waals surface area contributed by atoms with Crippen molar-refractivity contribution < 1.29 is 22.0 Å². The second-order valence-corrected chi connectivity index (χ2v) is 4.30. The lowest BCUT2D eigenvalue weighted by Gasteiger charge is -2.11. The van der Waals surface area contributed by atoms with Gasteiger partial charge in [-0.15, -0.1) is 0 Å². The Morgan fingerprint density at radius 2 is 1.48 bits per heavy atom. The van der Waals surface area contributed by atoms with Gasteiger partial charge in [-0.3, -0.25) is 0 Å². The highest BCUT2D eigenvalue weighted by Gasteiger charge is 2.28. The minimum atomic E-state index is -2.25. The van der Waals surface area contributed by atoms with Crippen LogP contribution in [0.4, 0.5) is 22.0 Å². The lowest BCUT2D eigenvalue weighted by atomic mass is 10.0. The molecule has 0 saturated carbocycles. The molecule has 1 aromatic carbocycles. The summed E-state index contributed by atoms with van der Waals surface area (Å²) in [7, 11) is 0. The van der Waals surface area contributed by atoms with Gasteiger partial charge < -0.3 is 0 Å². The van der Waals surface area contributed by atoms with E-state index >= 15 is 0 Å². The first-order valence-electron chi connectivity index (χ1n) is 5.42. The van der Waals surface area contributed by atoms with Crippen molar-refractivity contribution in [2.45, 2.75) is 6.42 Å². The van der Waals surface area contributed by atoms with Gasteiger partial charge in [0.15, 0.2) is 23.3 Å². The molecule has 0 unspecified atom stereocenters. The maximum Gasteiger partial charge on any atom is 0.200 e. The monoisotopic (exact) mass is 318 g/mol. The number of nitriles is 1. The quantitative estimate of drug-likeness (QED) is 0.361. The van der Waals surface area contributed by atoms with E-state index in [-0.39, 0.29) is 16.4 Å². The van der Waals surface area contributed by atoms with E-state index in [1.807, 2.05) is 0 Å². The summed E-state index contributed by atoms with van der Waals surface area (Å²) in [5, 5.41) is 8.57. The van der Waals surface area contributed by atoms with E-state index in [1.54, 1.807) is 6.07 Å². The van der Waals surface area contributed by atoms with E-state index in [2.05, 4.69) is 4.98 Å². The topological polar surface area (TPSA) is 36.7 Å². The lowest BCUT2D eigenvalue weighted by Crippen LogP contribution is -2.06. The van der Waals surface area contributed by atoms with Crippen LogP contribution in [0.25, 0.3) is 11.1 Å². The number of rotatable bonds is 2. The summed E-state index contributed by atoms with van der Waals surface area (Å²) in [6, 6.07) is 3.84. The molecule has 108 valence electrons. The van der Waals surface area contributed by atoms with E-state index in [1.165, 1.54) is 0 Å². The molecular weight excluding hydrogens is 315 g/mol. The molecule has 2 rings (SSSR count). The van der Waals surface area contributed by atoms with Crippen LogP contribution in [-0.4, -0.2) is 4.98 Å². The lowest BCUT2D eigenvalue weighted by molar-refractivity contribution is 0.381. The van der Waals surface area contributed by atoms with Gasteiger partial charge >= 0.3 is 0 Å². The summed E-state index contributed by atoms with van der Waals surface area (Å²) in [5.74, 6) is -10.4. The van der Waals surface area contributed by atoms with Gasteiger partial charge in [0.25, 0.3) is 0 Å².